The number of hydrogen-bond donors (Lipinski definition) is 0. The zero-order valence-electron chi connectivity index (χ0n) is 18.1. The fourth-order valence-electron chi connectivity index (χ4n) is 2.96. The largest absolute Gasteiger partial charge is 1.00 e. The van der Waals surface area contributed by atoms with Gasteiger partial charge in [-0.15, -0.1) is 0 Å². The van der Waals surface area contributed by atoms with Crippen LogP contribution in [-0.2, 0) is 28.2 Å². The van der Waals surface area contributed by atoms with Crippen LogP contribution in [0.4, 0.5) is 0 Å². The summed E-state index contributed by atoms with van der Waals surface area (Å²) in [5.41, 5.74) is 0. The van der Waals surface area contributed by atoms with Crippen molar-refractivity contribution < 1.29 is 57.2 Å². The van der Waals surface area contributed by atoms with E-state index in [9.17, 15) is 8.42 Å². The van der Waals surface area contributed by atoms with Crippen molar-refractivity contribution in [2.45, 2.75) is 103 Å². The Hall–Kier alpha value is 0.790. The third-order valence-corrected chi connectivity index (χ3v) is 5.39. The van der Waals surface area contributed by atoms with Crippen molar-refractivity contribution in [3.05, 3.63) is 0 Å². The van der Waals surface area contributed by atoms with Gasteiger partial charge >= 0.3 is 40.0 Å². The average Bonchev–Trinajstić information content (AvgIpc) is 3.02. The van der Waals surface area contributed by atoms with Gasteiger partial charge < -0.3 is 10.9 Å². The molecule has 26 heavy (non-hydrogen) atoms. The van der Waals surface area contributed by atoms with Gasteiger partial charge in [0.05, 0.1) is 25.9 Å². The molecule has 3 atom stereocenters. The topological polar surface area (TPSA) is 71.1 Å². The van der Waals surface area contributed by atoms with Gasteiger partial charge in [-0.05, 0) is 19.8 Å². The molecule has 0 radical (unpaired) electrons. The third-order valence-electron chi connectivity index (χ3n) is 4.53. The van der Waals surface area contributed by atoms with Crippen molar-refractivity contribution in [2.75, 3.05) is 13.7 Å². The average molecular weight is 405 g/mol. The standard InChI is InChI=1S/C18H36O6S.Na.H/c1-4-5-6-7-8-9-10-11-12-16(2)22-15-17-13-14-18(23-17)24-25(19,20)21-3;;/h16-18H,4-15H2,1-3H3;;/q;+1;-1. The van der Waals surface area contributed by atoms with Crippen LogP contribution in [-0.4, -0.2) is 40.6 Å². The van der Waals surface area contributed by atoms with E-state index in [1.807, 2.05) is 0 Å². The Morgan fingerprint density at radius 3 is 2.31 bits per heavy atom. The molecule has 1 rings (SSSR count). The van der Waals surface area contributed by atoms with Crippen LogP contribution >= 0.6 is 0 Å². The molecule has 1 saturated heterocycles. The molecule has 3 unspecified atom stereocenters. The van der Waals surface area contributed by atoms with E-state index in [1.165, 1.54) is 51.4 Å². The van der Waals surface area contributed by atoms with Gasteiger partial charge in [0.2, 0.25) is 0 Å². The Morgan fingerprint density at radius 2 is 1.69 bits per heavy atom. The predicted octanol–water partition coefficient (Wildman–Crippen LogP) is 1.45. The number of rotatable bonds is 15. The molecule has 6 nitrogen and oxygen atoms in total. The molecular weight excluding hydrogens is 367 g/mol. The first kappa shape index (κ1) is 26.8. The summed E-state index contributed by atoms with van der Waals surface area (Å²) in [4.78, 5) is 0. The Balaban J connectivity index is 0. The summed E-state index contributed by atoms with van der Waals surface area (Å²) in [7, 11) is -2.88. The van der Waals surface area contributed by atoms with Gasteiger partial charge in [-0.1, -0.05) is 58.3 Å². The molecule has 0 spiro atoms. The second-order valence-electron chi connectivity index (χ2n) is 6.84. The molecule has 1 aliphatic rings. The quantitative estimate of drug-likeness (QED) is 0.304. The molecular formula is C18H37NaO6S. The van der Waals surface area contributed by atoms with Gasteiger partial charge in [0.25, 0.3) is 0 Å². The van der Waals surface area contributed by atoms with E-state index in [-0.39, 0.29) is 43.2 Å². The molecule has 0 aliphatic carbocycles. The fraction of sp³-hybridized carbons (Fsp3) is 1.00. The molecule has 0 saturated carbocycles. The third kappa shape index (κ3) is 13.0. The molecule has 0 amide bonds. The summed E-state index contributed by atoms with van der Waals surface area (Å²) < 4.78 is 42.8. The fourth-order valence-corrected chi connectivity index (χ4v) is 3.44. The van der Waals surface area contributed by atoms with Crippen LogP contribution in [0.25, 0.3) is 0 Å². The first-order valence-corrected chi connectivity index (χ1v) is 11.1. The molecule has 1 aliphatic heterocycles. The molecule has 0 aromatic rings. The molecule has 0 N–H and O–H groups in total. The molecule has 0 aromatic heterocycles. The zero-order valence-corrected chi connectivity index (χ0v) is 19.9. The molecule has 1 heterocycles. The van der Waals surface area contributed by atoms with Crippen molar-refractivity contribution in [2.24, 2.45) is 0 Å². The summed E-state index contributed by atoms with van der Waals surface area (Å²) >= 11 is 0. The number of unbranched alkanes of at least 4 members (excludes halogenated alkanes) is 7. The van der Waals surface area contributed by atoms with Crippen LogP contribution in [0, 0.1) is 0 Å². The molecule has 8 heteroatoms. The molecule has 0 aromatic carbocycles. The summed E-state index contributed by atoms with van der Waals surface area (Å²) in [6, 6.07) is 0. The number of hydrogen-bond acceptors (Lipinski definition) is 6. The van der Waals surface area contributed by atoms with Crippen LogP contribution in [0.2, 0.25) is 0 Å². The van der Waals surface area contributed by atoms with Crippen molar-refractivity contribution in [3.8, 4) is 0 Å². The van der Waals surface area contributed by atoms with Crippen molar-refractivity contribution >= 4 is 10.4 Å². The van der Waals surface area contributed by atoms with Crippen molar-refractivity contribution in [1.82, 2.24) is 0 Å². The van der Waals surface area contributed by atoms with Crippen LogP contribution in [0.15, 0.2) is 0 Å². The van der Waals surface area contributed by atoms with E-state index in [1.54, 1.807) is 0 Å². The van der Waals surface area contributed by atoms with E-state index >= 15 is 0 Å². The van der Waals surface area contributed by atoms with Gasteiger partial charge in [-0.3, -0.25) is 4.18 Å². The molecule has 1 fully saturated rings. The van der Waals surface area contributed by atoms with Crippen LogP contribution in [0.3, 0.4) is 0 Å². The monoisotopic (exact) mass is 404 g/mol. The smallest absolute Gasteiger partial charge is 1.00 e. The van der Waals surface area contributed by atoms with E-state index in [2.05, 4.69) is 18.0 Å². The maximum Gasteiger partial charge on any atom is 1.00 e. The van der Waals surface area contributed by atoms with E-state index in [4.69, 9.17) is 13.7 Å². The van der Waals surface area contributed by atoms with Crippen LogP contribution < -0.4 is 29.6 Å². The van der Waals surface area contributed by atoms with Crippen LogP contribution in [0.1, 0.15) is 85.9 Å². The van der Waals surface area contributed by atoms with Gasteiger partial charge in [-0.25, -0.2) is 4.18 Å². The van der Waals surface area contributed by atoms with Crippen LogP contribution in [0.5, 0.6) is 0 Å². The van der Waals surface area contributed by atoms with Crippen molar-refractivity contribution in [3.63, 3.8) is 0 Å². The first-order chi connectivity index (χ1) is 12.0. The first-order valence-electron chi connectivity index (χ1n) is 9.72. The van der Waals surface area contributed by atoms with Gasteiger partial charge in [0.15, 0.2) is 6.29 Å². The normalized spacial score (nSPS) is 21.5. The van der Waals surface area contributed by atoms with E-state index in [0.717, 1.165) is 20.0 Å². The van der Waals surface area contributed by atoms with E-state index < -0.39 is 16.7 Å². The van der Waals surface area contributed by atoms with Crippen molar-refractivity contribution in [1.29, 1.82) is 0 Å². The second-order valence-corrected chi connectivity index (χ2v) is 8.19. The SMILES string of the molecule is CCCCCCCCCCC(C)OCC1CCC(OS(=O)(=O)OC)O1.[H-].[Na+]. The maximum absolute atomic E-state index is 11.2. The summed E-state index contributed by atoms with van der Waals surface area (Å²) in [6.45, 7) is 4.80. The Kier molecular flexibility index (Phi) is 16.2. The Labute approximate surface area is 183 Å². The van der Waals surface area contributed by atoms with Gasteiger partial charge in [0, 0.05) is 6.42 Å². The maximum atomic E-state index is 11.2. The summed E-state index contributed by atoms with van der Waals surface area (Å²) in [6.07, 6.45) is 12.2. The minimum atomic E-state index is -3.95. The van der Waals surface area contributed by atoms with E-state index in [0.29, 0.717) is 13.0 Å². The summed E-state index contributed by atoms with van der Waals surface area (Å²) in [5.74, 6) is 0. The second kappa shape index (κ2) is 15.7. The minimum absolute atomic E-state index is 0. The zero-order chi connectivity index (χ0) is 18.5. The summed E-state index contributed by atoms with van der Waals surface area (Å²) in [5, 5.41) is 0. The molecule has 0 bridgehead atoms. The minimum Gasteiger partial charge on any atom is -1.00 e. The molecule has 152 valence electrons. The Bertz CT molecular complexity index is 438. The van der Waals surface area contributed by atoms with Gasteiger partial charge in [-0.2, -0.15) is 8.42 Å². The van der Waals surface area contributed by atoms with Gasteiger partial charge in [0.1, 0.15) is 0 Å². The number of ether oxygens (including phenoxy) is 2. The predicted molar refractivity (Wildman–Crippen MR) is 98.7 cm³/mol. The Morgan fingerprint density at radius 1 is 1.08 bits per heavy atom.